The van der Waals surface area contributed by atoms with Gasteiger partial charge in [0.2, 0.25) is 0 Å². The van der Waals surface area contributed by atoms with Crippen molar-refractivity contribution in [2.75, 3.05) is 20.2 Å². The highest BCUT2D eigenvalue weighted by Gasteiger charge is 2.16. The molecule has 0 spiro atoms. The molecule has 20 heavy (non-hydrogen) atoms. The standard InChI is InChI=1S/C13H25N5O.HI/c1-6-14-12(16-10-13(2,3)19-5)15-9-11-7-8-17-18(11)4;/h7-8H,6,9-10H2,1-5H3,(H2,14,15,16);1H. The summed E-state index contributed by atoms with van der Waals surface area (Å²) in [6.45, 7) is 8.22. The minimum atomic E-state index is -0.220. The summed E-state index contributed by atoms with van der Waals surface area (Å²) >= 11 is 0. The largest absolute Gasteiger partial charge is 0.377 e. The van der Waals surface area contributed by atoms with Crippen LogP contribution in [0.15, 0.2) is 17.3 Å². The van der Waals surface area contributed by atoms with E-state index in [0.717, 1.165) is 18.2 Å². The van der Waals surface area contributed by atoms with Crippen molar-refractivity contribution in [3.63, 3.8) is 0 Å². The van der Waals surface area contributed by atoms with Gasteiger partial charge in [-0.15, -0.1) is 24.0 Å². The van der Waals surface area contributed by atoms with Gasteiger partial charge in [0, 0.05) is 33.4 Å². The molecule has 0 radical (unpaired) electrons. The molecule has 0 aliphatic rings. The zero-order chi connectivity index (χ0) is 14.3. The summed E-state index contributed by atoms with van der Waals surface area (Å²) in [7, 11) is 3.63. The Hall–Kier alpha value is -0.830. The van der Waals surface area contributed by atoms with Crippen molar-refractivity contribution in [2.45, 2.75) is 32.9 Å². The maximum Gasteiger partial charge on any atom is 0.191 e. The summed E-state index contributed by atoms with van der Waals surface area (Å²) in [5.74, 6) is 0.786. The Morgan fingerprint density at radius 2 is 2.15 bits per heavy atom. The highest BCUT2D eigenvalue weighted by Crippen LogP contribution is 2.04. The van der Waals surface area contributed by atoms with Crippen molar-refractivity contribution < 1.29 is 4.74 Å². The first-order valence-corrected chi connectivity index (χ1v) is 6.52. The van der Waals surface area contributed by atoms with Gasteiger partial charge in [-0.3, -0.25) is 4.68 Å². The SMILES string of the molecule is CCNC(=NCc1ccnn1C)NCC(C)(C)OC.I. The lowest BCUT2D eigenvalue weighted by Crippen LogP contribution is -2.45. The van der Waals surface area contributed by atoms with Crippen LogP contribution in [0.25, 0.3) is 0 Å². The topological polar surface area (TPSA) is 63.5 Å². The van der Waals surface area contributed by atoms with E-state index in [1.807, 2.05) is 38.6 Å². The molecule has 1 heterocycles. The molecular weight excluding hydrogens is 369 g/mol. The average molecular weight is 395 g/mol. The molecule has 1 aromatic heterocycles. The molecule has 0 aliphatic carbocycles. The number of aromatic nitrogens is 2. The van der Waals surface area contributed by atoms with E-state index in [1.165, 1.54) is 0 Å². The lowest BCUT2D eigenvalue weighted by atomic mass is 10.1. The fraction of sp³-hybridized carbons (Fsp3) is 0.692. The van der Waals surface area contributed by atoms with Crippen LogP contribution in [-0.2, 0) is 18.3 Å². The molecule has 0 saturated carbocycles. The monoisotopic (exact) mass is 395 g/mol. The van der Waals surface area contributed by atoms with Crippen LogP contribution in [0.3, 0.4) is 0 Å². The van der Waals surface area contributed by atoms with Crippen LogP contribution >= 0.6 is 24.0 Å². The first-order chi connectivity index (χ1) is 8.98. The van der Waals surface area contributed by atoms with E-state index < -0.39 is 0 Å². The fourth-order valence-electron chi connectivity index (χ4n) is 1.43. The molecule has 2 N–H and O–H groups in total. The first-order valence-electron chi connectivity index (χ1n) is 6.52. The molecule has 116 valence electrons. The zero-order valence-corrected chi connectivity index (χ0v) is 15.3. The van der Waals surface area contributed by atoms with Gasteiger partial charge in [-0.1, -0.05) is 0 Å². The van der Waals surface area contributed by atoms with E-state index in [4.69, 9.17) is 4.74 Å². The van der Waals surface area contributed by atoms with Gasteiger partial charge in [0.1, 0.15) is 0 Å². The molecule has 0 fully saturated rings. The van der Waals surface area contributed by atoms with Gasteiger partial charge in [0.25, 0.3) is 0 Å². The number of ether oxygens (including phenoxy) is 1. The molecule has 1 rings (SSSR count). The normalized spacial score (nSPS) is 11.9. The van der Waals surface area contributed by atoms with Gasteiger partial charge in [0.15, 0.2) is 5.96 Å². The number of aryl methyl sites for hydroxylation is 1. The van der Waals surface area contributed by atoms with E-state index in [1.54, 1.807) is 13.3 Å². The lowest BCUT2D eigenvalue weighted by molar-refractivity contribution is 0.0268. The number of aliphatic imine (C=N–C) groups is 1. The van der Waals surface area contributed by atoms with Crippen molar-refractivity contribution in [3.05, 3.63) is 18.0 Å². The molecule has 0 saturated heterocycles. The molecule has 0 amide bonds. The highest BCUT2D eigenvalue weighted by molar-refractivity contribution is 14.0. The second-order valence-electron chi connectivity index (χ2n) is 4.96. The number of hydrogen-bond acceptors (Lipinski definition) is 3. The van der Waals surface area contributed by atoms with Gasteiger partial charge >= 0.3 is 0 Å². The molecule has 1 aromatic rings. The van der Waals surface area contributed by atoms with Crippen molar-refractivity contribution in [1.82, 2.24) is 20.4 Å². The van der Waals surface area contributed by atoms with E-state index in [-0.39, 0.29) is 29.6 Å². The molecule has 0 unspecified atom stereocenters. The van der Waals surface area contributed by atoms with E-state index in [9.17, 15) is 0 Å². The second-order valence-corrected chi connectivity index (χ2v) is 4.96. The van der Waals surface area contributed by atoms with Crippen LogP contribution < -0.4 is 10.6 Å². The fourth-order valence-corrected chi connectivity index (χ4v) is 1.43. The van der Waals surface area contributed by atoms with Crippen LogP contribution in [0, 0.1) is 0 Å². The quantitative estimate of drug-likeness (QED) is 0.436. The Morgan fingerprint density at radius 1 is 1.45 bits per heavy atom. The molecular formula is C13H26IN5O. The van der Waals surface area contributed by atoms with Crippen LogP contribution in [0.4, 0.5) is 0 Å². The summed E-state index contributed by atoms with van der Waals surface area (Å²) in [5, 5.41) is 10.6. The van der Waals surface area contributed by atoms with Gasteiger partial charge < -0.3 is 15.4 Å². The van der Waals surface area contributed by atoms with Crippen LogP contribution in [-0.4, -0.2) is 41.5 Å². The van der Waals surface area contributed by atoms with Gasteiger partial charge in [-0.2, -0.15) is 5.10 Å². The van der Waals surface area contributed by atoms with Crippen LogP contribution in [0.2, 0.25) is 0 Å². The number of hydrogen-bond donors (Lipinski definition) is 2. The number of guanidine groups is 1. The minimum Gasteiger partial charge on any atom is -0.377 e. The van der Waals surface area contributed by atoms with Crippen molar-refractivity contribution in [3.8, 4) is 0 Å². The summed E-state index contributed by atoms with van der Waals surface area (Å²) in [6.07, 6.45) is 1.78. The number of halogens is 1. The highest BCUT2D eigenvalue weighted by atomic mass is 127. The Kier molecular flexibility index (Phi) is 8.79. The van der Waals surface area contributed by atoms with E-state index in [0.29, 0.717) is 13.1 Å². The second kappa shape index (κ2) is 9.17. The van der Waals surface area contributed by atoms with Gasteiger partial charge in [0.05, 0.1) is 17.8 Å². The molecule has 0 bridgehead atoms. The Labute approximate surface area is 138 Å². The summed E-state index contributed by atoms with van der Waals surface area (Å²) < 4.78 is 7.20. The molecule has 7 heteroatoms. The van der Waals surface area contributed by atoms with Crippen LogP contribution in [0.1, 0.15) is 26.5 Å². The Bertz CT molecular complexity index is 417. The van der Waals surface area contributed by atoms with Crippen molar-refractivity contribution in [2.24, 2.45) is 12.0 Å². The predicted octanol–water partition coefficient (Wildman–Crippen LogP) is 1.52. The molecule has 0 aliphatic heterocycles. The lowest BCUT2D eigenvalue weighted by Gasteiger charge is -2.24. The third-order valence-electron chi connectivity index (χ3n) is 2.90. The molecule has 0 aromatic carbocycles. The minimum absolute atomic E-state index is 0. The van der Waals surface area contributed by atoms with Gasteiger partial charge in [-0.25, -0.2) is 4.99 Å². The molecule has 6 nitrogen and oxygen atoms in total. The van der Waals surface area contributed by atoms with E-state index in [2.05, 4.69) is 20.7 Å². The third-order valence-corrected chi connectivity index (χ3v) is 2.90. The third kappa shape index (κ3) is 6.56. The predicted molar refractivity (Wildman–Crippen MR) is 92.5 cm³/mol. The maximum absolute atomic E-state index is 5.38. The number of rotatable bonds is 6. The Morgan fingerprint density at radius 3 is 2.65 bits per heavy atom. The summed E-state index contributed by atoms with van der Waals surface area (Å²) in [6, 6.07) is 1.96. The average Bonchev–Trinajstić information content (AvgIpc) is 2.78. The Balaban J connectivity index is 0.00000361. The molecule has 0 atom stereocenters. The van der Waals surface area contributed by atoms with Crippen molar-refractivity contribution >= 4 is 29.9 Å². The zero-order valence-electron chi connectivity index (χ0n) is 12.9. The summed E-state index contributed by atoms with van der Waals surface area (Å²) in [5.41, 5.74) is 0.853. The number of nitrogens with zero attached hydrogens (tertiary/aromatic N) is 3. The van der Waals surface area contributed by atoms with Gasteiger partial charge in [-0.05, 0) is 26.8 Å². The van der Waals surface area contributed by atoms with E-state index >= 15 is 0 Å². The number of methoxy groups -OCH3 is 1. The van der Waals surface area contributed by atoms with Crippen LogP contribution in [0.5, 0.6) is 0 Å². The summed E-state index contributed by atoms with van der Waals surface area (Å²) in [4.78, 5) is 4.53. The van der Waals surface area contributed by atoms with Crippen molar-refractivity contribution in [1.29, 1.82) is 0 Å². The first kappa shape index (κ1) is 19.2. The number of nitrogens with one attached hydrogen (secondary N) is 2. The maximum atomic E-state index is 5.38. The smallest absolute Gasteiger partial charge is 0.191 e.